The predicted molar refractivity (Wildman–Crippen MR) is 68.6 cm³/mol. The summed E-state index contributed by atoms with van der Waals surface area (Å²) in [4.78, 5) is 0. The van der Waals surface area contributed by atoms with Gasteiger partial charge < -0.3 is 10.5 Å². The van der Waals surface area contributed by atoms with Crippen molar-refractivity contribution >= 4 is 0 Å². The molecule has 2 N–H and O–H groups in total. The summed E-state index contributed by atoms with van der Waals surface area (Å²) in [6.07, 6.45) is 0.933. The summed E-state index contributed by atoms with van der Waals surface area (Å²) in [5, 5.41) is 0. The molecule has 0 saturated carbocycles. The monoisotopic (exact) mass is 221 g/mol. The van der Waals surface area contributed by atoms with Crippen molar-refractivity contribution in [3.8, 4) is 0 Å². The molecule has 0 heterocycles. The second-order valence-electron chi connectivity index (χ2n) is 4.54. The first-order valence-electron chi connectivity index (χ1n) is 6.02. The van der Waals surface area contributed by atoms with E-state index >= 15 is 0 Å². The van der Waals surface area contributed by atoms with E-state index in [0.29, 0.717) is 19.1 Å². The molecule has 2 nitrogen and oxygen atoms in total. The molecule has 0 amide bonds. The van der Waals surface area contributed by atoms with Crippen molar-refractivity contribution in [1.29, 1.82) is 0 Å². The molecule has 0 atom stereocenters. The average Bonchev–Trinajstić information content (AvgIpc) is 2.26. The maximum absolute atomic E-state index is 5.60. The van der Waals surface area contributed by atoms with Gasteiger partial charge in [0.25, 0.3) is 0 Å². The Kier molecular flexibility index (Phi) is 5.50. The number of hydrogen-bond acceptors (Lipinski definition) is 2. The van der Waals surface area contributed by atoms with Gasteiger partial charge in [-0.2, -0.15) is 0 Å². The van der Waals surface area contributed by atoms with E-state index < -0.39 is 0 Å². The summed E-state index contributed by atoms with van der Waals surface area (Å²) in [7, 11) is 0. The highest BCUT2D eigenvalue weighted by atomic mass is 16.5. The molecule has 1 rings (SSSR count). The molecule has 16 heavy (non-hydrogen) atoms. The largest absolute Gasteiger partial charge is 0.377 e. The van der Waals surface area contributed by atoms with Crippen LogP contribution in [0.5, 0.6) is 0 Å². The minimum absolute atomic E-state index is 0.573. The topological polar surface area (TPSA) is 35.2 Å². The molecule has 0 aromatic heterocycles. The van der Waals surface area contributed by atoms with Crippen molar-refractivity contribution in [2.75, 3.05) is 13.2 Å². The van der Waals surface area contributed by atoms with E-state index in [1.807, 2.05) is 0 Å². The minimum Gasteiger partial charge on any atom is -0.377 e. The van der Waals surface area contributed by atoms with Gasteiger partial charge in [-0.1, -0.05) is 32.0 Å². The smallest absolute Gasteiger partial charge is 0.0719 e. The molecule has 0 saturated heterocycles. The van der Waals surface area contributed by atoms with Crippen molar-refractivity contribution in [1.82, 2.24) is 0 Å². The molecule has 0 spiro atoms. The fourth-order valence-corrected chi connectivity index (χ4v) is 1.57. The Morgan fingerprint density at radius 3 is 2.69 bits per heavy atom. The van der Waals surface area contributed by atoms with E-state index in [1.54, 1.807) is 0 Å². The average molecular weight is 221 g/mol. The van der Waals surface area contributed by atoms with Gasteiger partial charge in [0.05, 0.1) is 6.61 Å². The van der Waals surface area contributed by atoms with Crippen LogP contribution in [0.4, 0.5) is 0 Å². The Hall–Kier alpha value is -0.860. The number of aryl methyl sites for hydroxylation is 1. The summed E-state index contributed by atoms with van der Waals surface area (Å²) in [5.41, 5.74) is 9.40. The number of benzene rings is 1. The van der Waals surface area contributed by atoms with Gasteiger partial charge in [0.15, 0.2) is 0 Å². The second-order valence-corrected chi connectivity index (χ2v) is 4.54. The SMILES string of the molecule is Cc1ccc(C(C)C)cc1COCCCN. The third-order valence-corrected chi connectivity index (χ3v) is 2.79. The van der Waals surface area contributed by atoms with Gasteiger partial charge in [-0.05, 0) is 42.5 Å². The summed E-state index contributed by atoms with van der Waals surface area (Å²) in [6, 6.07) is 6.63. The lowest BCUT2D eigenvalue weighted by molar-refractivity contribution is 0.119. The Bertz CT molecular complexity index is 321. The van der Waals surface area contributed by atoms with Crippen LogP contribution in [0.3, 0.4) is 0 Å². The van der Waals surface area contributed by atoms with E-state index in [9.17, 15) is 0 Å². The zero-order valence-electron chi connectivity index (χ0n) is 10.6. The van der Waals surface area contributed by atoms with Gasteiger partial charge in [0.2, 0.25) is 0 Å². The maximum atomic E-state index is 5.60. The second kappa shape index (κ2) is 6.66. The molecule has 0 bridgehead atoms. The highest BCUT2D eigenvalue weighted by Gasteiger charge is 2.03. The van der Waals surface area contributed by atoms with Crippen molar-refractivity contribution in [3.05, 3.63) is 34.9 Å². The number of rotatable bonds is 6. The van der Waals surface area contributed by atoms with Gasteiger partial charge in [-0.15, -0.1) is 0 Å². The normalized spacial score (nSPS) is 11.1. The molecule has 1 aromatic rings. The maximum Gasteiger partial charge on any atom is 0.0719 e. The van der Waals surface area contributed by atoms with Crippen molar-refractivity contribution in [3.63, 3.8) is 0 Å². The van der Waals surface area contributed by atoms with Gasteiger partial charge >= 0.3 is 0 Å². The summed E-state index contributed by atoms with van der Waals surface area (Å²) in [6.45, 7) is 8.71. The Morgan fingerprint density at radius 1 is 1.31 bits per heavy atom. The summed E-state index contributed by atoms with van der Waals surface area (Å²) >= 11 is 0. The Morgan fingerprint density at radius 2 is 2.06 bits per heavy atom. The van der Waals surface area contributed by atoms with Crippen LogP contribution in [-0.2, 0) is 11.3 Å². The highest BCUT2D eigenvalue weighted by Crippen LogP contribution is 2.19. The number of hydrogen-bond donors (Lipinski definition) is 1. The molecule has 2 heteroatoms. The third kappa shape index (κ3) is 3.95. The first kappa shape index (κ1) is 13.2. The molecule has 0 aliphatic rings. The van der Waals surface area contributed by atoms with Gasteiger partial charge in [-0.3, -0.25) is 0 Å². The van der Waals surface area contributed by atoms with E-state index in [0.717, 1.165) is 13.0 Å². The van der Waals surface area contributed by atoms with Crippen LogP contribution < -0.4 is 5.73 Å². The van der Waals surface area contributed by atoms with Crippen LogP contribution in [0.2, 0.25) is 0 Å². The molecular formula is C14H23NO. The van der Waals surface area contributed by atoms with Crippen LogP contribution >= 0.6 is 0 Å². The first-order chi connectivity index (χ1) is 7.65. The van der Waals surface area contributed by atoms with E-state index in [-0.39, 0.29) is 0 Å². The van der Waals surface area contributed by atoms with E-state index in [2.05, 4.69) is 39.0 Å². The van der Waals surface area contributed by atoms with Gasteiger partial charge in [-0.25, -0.2) is 0 Å². The van der Waals surface area contributed by atoms with Crippen LogP contribution in [0.15, 0.2) is 18.2 Å². The third-order valence-electron chi connectivity index (χ3n) is 2.79. The minimum atomic E-state index is 0.573. The van der Waals surface area contributed by atoms with Crippen molar-refractivity contribution in [2.24, 2.45) is 5.73 Å². The van der Waals surface area contributed by atoms with Crippen LogP contribution in [-0.4, -0.2) is 13.2 Å². The molecule has 90 valence electrons. The zero-order chi connectivity index (χ0) is 12.0. The van der Waals surface area contributed by atoms with Gasteiger partial charge in [0, 0.05) is 6.61 Å². The fourth-order valence-electron chi connectivity index (χ4n) is 1.57. The molecule has 0 aliphatic heterocycles. The first-order valence-corrected chi connectivity index (χ1v) is 6.02. The molecular weight excluding hydrogens is 198 g/mol. The van der Waals surface area contributed by atoms with Crippen molar-refractivity contribution in [2.45, 2.75) is 39.7 Å². The Labute approximate surface area is 98.8 Å². The molecule has 0 aliphatic carbocycles. The lowest BCUT2D eigenvalue weighted by Crippen LogP contribution is -2.05. The summed E-state index contributed by atoms with van der Waals surface area (Å²) < 4.78 is 5.60. The lowest BCUT2D eigenvalue weighted by atomic mass is 9.98. The quantitative estimate of drug-likeness (QED) is 0.749. The lowest BCUT2D eigenvalue weighted by Gasteiger charge is -2.11. The van der Waals surface area contributed by atoms with Gasteiger partial charge in [0.1, 0.15) is 0 Å². The molecule has 0 radical (unpaired) electrons. The van der Waals surface area contributed by atoms with Crippen LogP contribution in [0.25, 0.3) is 0 Å². The Balaban J connectivity index is 2.60. The fraction of sp³-hybridized carbons (Fsp3) is 0.571. The van der Waals surface area contributed by atoms with E-state index in [1.165, 1.54) is 16.7 Å². The molecule has 1 aromatic carbocycles. The number of nitrogens with two attached hydrogens (primary N) is 1. The highest BCUT2D eigenvalue weighted by molar-refractivity contribution is 5.32. The molecule has 0 fully saturated rings. The van der Waals surface area contributed by atoms with Crippen LogP contribution in [0.1, 0.15) is 42.9 Å². The summed E-state index contributed by atoms with van der Waals surface area (Å²) in [5.74, 6) is 0.573. The predicted octanol–water partition coefficient (Wildman–Crippen LogP) is 2.98. The zero-order valence-corrected chi connectivity index (χ0v) is 10.6. The van der Waals surface area contributed by atoms with E-state index in [4.69, 9.17) is 10.5 Å². The molecule has 0 unspecified atom stereocenters. The standard InChI is InChI=1S/C14H23NO/c1-11(2)13-6-5-12(3)14(9-13)10-16-8-4-7-15/h5-6,9,11H,4,7-8,10,15H2,1-3H3. The van der Waals surface area contributed by atoms with Crippen LogP contribution in [0, 0.1) is 6.92 Å². The number of ether oxygens (including phenoxy) is 1. The van der Waals surface area contributed by atoms with Crippen molar-refractivity contribution < 1.29 is 4.74 Å².